The maximum absolute atomic E-state index is 12.0. The van der Waals surface area contributed by atoms with Crippen molar-refractivity contribution in [2.75, 3.05) is 0 Å². The van der Waals surface area contributed by atoms with Crippen LogP contribution < -0.4 is 0 Å². The number of hydrogen-bond donors (Lipinski definition) is 1. The zero-order valence-corrected chi connectivity index (χ0v) is 14.3. The quantitative estimate of drug-likeness (QED) is 0.789. The van der Waals surface area contributed by atoms with Gasteiger partial charge in [-0.25, -0.2) is 0 Å². The molecular formula is C20H28O3. The Balaban J connectivity index is 1.83. The molecule has 3 aliphatic rings. The third kappa shape index (κ3) is 3.08. The molecule has 3 fully saturated rings. The van der Waals surface area contributed by atoms with E-state index in [2.05, 4.69) is 13.0 Å². The number of allylic oxidation sites excluding steroid dienone is 3. The van der Waals surface area contributed by atoms with Gasteiger partial charge in [-0.05, 0) is 62.4 Å². The average molecular weight is 316 g/mol. The monoisotopic (exact) mass is 316 g/mol. The molecule has 0 bridgehead atoms. The van der Waals surface area contributed by atoms with Gasteiger partial charge in [-0.3, -0.25) is 9.59 Å². The van der Waals surface area contributed by atoms with Crippen LogP contribution in [-0.4, -0.2) is 22.8 Å². The minimum absolute atomic E-state index is 0.102. The van der Waals surface area contributed by atoms with Crippen molar-refractivity contribution >= 4 is 11.6 Å². The topological polar surface area (TPSA) is 54.4 Å². The Morgan fingerprint density at radius 1 is 1.22 bits per heavy atom. The number of aliphatic hydroxyl groups excluding tert-OH is 1. The Morgan fingerprint density at radius 3 is 2.74 bits per heavy atom. The zero-order valence-electron chi connectivity index (χ0n) is 14.3. The van der Waals surface area contributed by atoms with Gasteiger partial charge >= 0.3 is 0 Å². The second-order valence-electron chi connectivity index (χ2n) is 7.91. The average Bonchev–Trinajstić information content (AvgIpc) is 2.86. The van der Waals surface area contributed by atoms with Crippen LogP contribution in [0.3, 0.4) is 0 Å². The van der Waals surface area contributed by atoms with Crippen LogP contribution in [0.2, 0.25) is 0 Å². The lowest BCUT2D eigenvalue weighted by molar-refractivity contribution is -0.124. The molecule has 0 aromatic heterocycles. The highest BCUT2D eigenvalue weighted by molar-refractivity contribution is 5.96. The van der Waals surface area contributed by atoms with E-state index in [4.69, 9.17) is 0 Å². The van der Waals surface area contributed by atoms with Gasteiger partial charge in [-0.15, -0.1) is 0 Å². The van der Waals surface area contributed by atoms with E-state index in [0.717, 1.165) is 37.7 Å². The number of rotatable bonds is 2. The molecule has 3 aliphatic carbocycles. The Labute approximate surface area is 138 Å². The van der Waals surface area contributed by atoms with E-state index in [-0.39, 0.29) is 23.2 Å². The van der Waals surface area contributed by atoms with Crippen molar-refractivity contribution < 1.29 is 14.7 Å². The van der Waals surface area contributed by atoms with Crippen LogP contribution in [0.5, 0.6) is 0 Å². The SMILES string of the molecule is CC(=O)C1CCC2/C(=C/C=C3/C[C@@H](O)CCC3=O)CCCC12C. The fourth-order valence-corrected chi connectivity index (χ4v) is 5.20. The minimum Gasteiger partial charge on any atom is -0.393 e. The van der Waals surface area contributed by atoms with Gasteiger partial charge < -0.3 is 5.11 Å². The summed E-state index contributed by atoms with van der Waals surface area (Å²) >= 11 is 0. The smallest absolute Gasteiger partial charge is 0.159 e. The van der Waals surface area contributed by atoms with Crippen LogP contribution in [0.4, 0.5) is 0 Å². The summed E-state index contributed by atoms with van der Waals surface area (Å²) in [5.74, 6) is 1.19. The van der Waals surface area contributed by atoms with Gasteiger partial charge in [0, 0.05) is 18.8 Å². The molecular weight excluding hydrogens is 288 g/mol. The highest BCUT2D eigenvalue weighted by Crippen LogP contribution is 2.57. The molecule has 0 radical (unpaired) electrons. The first-order valence-corrected chi connectivity index (χ1v) is 9.03. The fourth-order valence-electron chi connectivity index (χ4n) is 5.20. The van der Waals surface area contributed by atoms with Crippen LogP contribution in [0, 0.1) is 17.3 Å². The molecule has 0 amide bonds. The molecule has 0 aromatic rings. The molecule has 23 heavy (non-hydrogen) atoms. The molecule has 0 aliphatic heterocycles. The normalized spacial score (nSPS) is 41.3. The van der Waals surface area contributed by atoms with Gasteiger partial charge in [0.1, 0.15) is 5.78 Å². The van der Waals surface area contributed by atoms with Crippen LogP contribution in [-0.2, 0) is 9.59 Å². The van der Waals surface area contributed by atoms with E-state index < -0.39 is 0 Å². The fraction of sp³-hybridized carbons (Fsp3) is 0.700. The lowest BCUT2D eigenvalue weighted by Crippen LogP contribution is -2.36. The van der Waals surface area contributed by atoms with Gasteiger partial charge in [0.25, 0.3) is 0 Å². The lowest BCUT2D eigenvalue weighted by atomic mass is 9.63. The van der Waals surface area contributed by atoms with Crippen molar-refractivity contribution in [3.63, 3.8) is 0 Å². The highest BCUT2D eigenvalue weighted by Gasteiger charge is 2.50. The summed E-state index contributed by atoms with van der Waals surface area (Å²) < 4.78 is 0. The third-order valence-electron chi connectivity index (χ3n) is 6.47. The van der Waals surface area contributed by atoms with Crippen LogP contribution in [0.1, 0.15) is 65.2 Å². The first-order valence-electron chi connectivity index (χ1n) is 9.03. The van der Waals surface area contributed by atoms with Gasteiger partial charge in [0.15, 0.2) is 5.78 Å². The van der Waals surface area contributed by atoms with E-state index in [1.54, 1.807) is 6.92 Å². The van der Waals surface area contributed by atoms with Crippen molar-refractivity contribution in [3.05, 3.63) is 23.3 Å². The molecule has 3 unspecified atom stereocenters. The molecule has 0 spiro atoms. The third-order valence-corrected chi connectivity index (χ3v) is 6.47. The molecule has 0 saturated heterocycles. The summed E-state index contributed by atoms with van der Waals surface area (Å²) in [5.41, 5.74) is 2.28. The van der Waals surface area contributed by atoms with Crippen LogP contribution >= 0.6 is 0 Å². The number of fused-ring (bicyclic) bond motifs is 1. The maximum atomic E-state index is 12.0. The number of carbonyl (C=O) groups is 2. The Hall–Kier alpha value is -1.22. The number of aliphatic hydroxyl groups is 1. The van der Waals surface area contributed by atoms with Gasteiger partial charge in [0.05, 0.1) is 6.10 Å². The van der Waals surface area contributed by atoms with E-state index in [1.807, 2.05) is 6.08 Å². The standard InChI is InChI=1S/C20H28O3/c1-13(21)17-8-9-18-14(4-3-11-20(17,18)2)5-6-15-12-16(22)7-10-19(15)23/h5-6,16-18,22H,3-4,7-12H2,1-2H3/b14-5+,15-6-/t16-,17?,18?,20?/m0/s1. The highest BCUT2D eigenvalue weighted by atomic mass is 16.3. The number of carbonyl (C=O) groups excluding carboxylic acids is 2. The second kappa shape index (κ2) is 6.35. The van der Waals surface area contributed by atoms with E-state index >= 15 is 0 Å². The van der Waals surface area contributed by atoms with Crippen LogP contribution in [0.25, 0.3) is 0 Å². The van der Waals surface area contributed by atoms with Crippen LogP contribution in [0.15, 0.2) is 23.3 Å². The summed E-state index contributed by atoms with van der Waals surface area (Å²) in [6, 6.07) is 0. The predicted octanol–water partition coefficient (Wildman–Crippen LogP) is 3.76. The summed E-state index contributed by atoms with van der Waals surface area (Å²) in [6.07, 6.45) is 10.7. The van der Waals surface area contributed by atoms with E-state index in [1.165, 1.54) is 5.57 Å². The zero-order chi connectivity index (χ0) is 16.6. The molecule has 0 aromatic carbocycles. The molecule has 3 rings (SSSR count). The maximum Gasteiger partial charge on any atom is 0.159 e. The predicted molar refractivity (Wildman–Crippen MR) is 89.9 cm³/mol. The minimum atomic E-state index is -0.373. The lowest BCUT2D eigenvalue weighted by Gasteiger charge is -2.41. The summed E-state index contributed by atoms with van der Waals surface area (Å²) in [7, 11) is 0. The summed E-state index contributed by atoms with van der Waals surface area (Å²) in [6.45, 7) is 4.02. The van der Waals surface area contributed by atoms with Crippen molar-refractivity contribution in [2.45, 2.75) is 71.3 Å². The molecule has 126 valence electrons. The number of hydrogen-bond acceptors (Lipinski definition) is 3. The Bertz CT molecular complexity index is 571. The Kier molecular flexibility index (Phi) is 4.59. The molecule has 4 atom stereocenters. The molecule has 3 saturated carbocycles. The first kappa shape index (κ1) is 16.6. The molecule has 1 N–H and O–H groups in total. The van der Waals surface area contributed by atoms with Crippen molar-refractivity contribution in [2.24, 2.45) is 17.3 Å². The van der Waals surface area contributed by atoms with Gasteiger partial charge in [-0.2, -0.15) is 0 Å². The van der Waals surface area contributed by atoms with Gasteiger partial charge in [-0.1, -0.05) is 24.6 Å². The molecule has 0 heterocycles. The number of ketones is 2. The summed E-state index contributed by atoms with van der Waals surface area (Å²) in [5, 5.41) is 9.77. The van der Waals surface area contributed by atoms with E-state index in [0.29, 0.717) is 31.0 Å². The van der Waals surface area contributed by atoms with Crippen molar-refractivity contribution in [1.29, 1.82) is 0 Å². The molecule has 3 heteroatoms. The summed E-state index contributed by atoms with van der Waals surface area (Å²) in [4.78, 5) is 24.0. The largest absolute Gasteiger partial charge is 0.393 e. The molecule has 3 nitrogen and oxygen atoms in total. The van der Waals surface area contributed by atoms with Crippen molar-refractivity contribution in [1.82, 2.24) is 0 Å². The van der Waals surface area contributed by atoms with Gasteiger partial charge in [0.2, 0.25) is 0 Å². The van der Waals surface area contributed by atoms with Crippen molar-refractivity contribution in [3.8, 4) is 0 Å². The van der Waals surface area contributed by atoms with E-state index in [9.17, 15) is 14.7 Å². The first-order chi connectivity index (χ1) is 10.9. The number of Topliss-reactive ketones (excluding diaryl/α,β-unsaturated/α-hetero) is 2. The second-order valence-corrected chi connectivity index (χ2v) is 7.91. The Morgan fingerprint density at radius 2 is 2.00 bits per heavy atom.